The molecule has 0 bridgehead atoms. The quantitative estimate of drug-likeness (QED) is 0.420. The van der Waals surface area contributed by atoms with E-state index in [-0.39, 0.29) is 5.57 Å². The molecule has 0 aromatic heterocycles. The third-order valence-electron chi connectivity index (χ3n) is 3.20. The summed E-state index contributed by atoms with van der Waals surface area (Å²) in [5.41, 5.74) is 2.05. The predicted octanol–water partition coefficient (Wildman–Crippen LogP) is 4.74. The highest BCUT2D eigenvalue weighted by Crippen LogP contribution is 2.36. The second kappa shape index (κ2) is 9.35. The Hall–Kier alpha value is -1.98. The van der Waals surface area contributed by atoms with Crippen molar-refractivity contribution in [2.24, 2.45) is 0 Å². The van der Waals surface area contributed by atoms with Gasteiger partial charge in [-0.05, 0) is 18.1 Å². The van der Waals surface area contributed by atoms with E-state index in [4.69, 9.17) is 0 Å². The van der Waals surface area contributed by atoms with Crippen molar-refractivity contribution in [1.29, 1.82) is 0 Å². The molecule has 0 atom stereocenters. The minimum atomic E-state index is -1.17. The summed E-state index contributed by atoms with van der Waals surface area (Å²) in [5.74, 6) is -0.332. The van der Waals surface area contributed by atoms with Gasteiger partial charge in [-0.2, -0.15) is 0 Å². The largest absolute Gasteiger partial charge is 0.478 e. The Morgan fingerprint density at radius 3 is 1.58 bits per heavy atom. The lowest BCUT2D eigenvalue weighted by atomic mass is 10.2. The first-order chi connectivity index (χ1) is 11.6. The number of carbonyl (C=O) groups is 2. The topological polar surface area (TPSA) is 54.4 Å². The molecule has 2 rings (SSSR count). The van der Waals surface area contributed by atoms with Gasteiger partial charge in [0.25, 0.3) is 0 Å². The highest BCUT2D eigenvalue weighted by Gasteiger charge is 2.20. The second-order valence-electron chi connectivity index (χ2n) is 5.07. The molecule has 0 aliphatic carbocycles. The summed E-state index contributed by atoms with van der Waals surface area (Å²) >= 11 is 2.80. The number of Topliss-reactive ketones (excluding diaryl/α,β-unsaturated/α-hetero) is 1. The fourth-order valence-corrected chi connectivity index (χ4v) is 4.43. The summed E-state index contributed by atoms with van der Waals surface area (Å²) in [7, 11) is 0. The molecular formula is C19H18O3S2. The lowest BCUT2D eigenvalue weighted by Crippen LogP contribution is -2.10. The molecule has 0 aliphatic heterocycles. The lowest BCUT2D eigenvalue weighted by molar-refractivity contribution is -0.134. The normalized spacial score (nSPS) is 10.2. The number of aliphatic carboxylic acids is 1. The molecule has 0 amide bonds. The van der Waals surface area contributed by atoms with Crippen LogP contribution in [0, 0.1) is 0 Å². The molecule has 1 N–H and O–H groups in total. The summed E-state index contributed by atoms with van der Waals surface area (Å²) in [6.45, 7) is 1.30. The van der Waals surface area contributed by atoms with Gasteiger partial charge in [0.05, 0.1) is 4.24 Å². The number of carbonyl (C=O) groups excluding carboxylic acids is 1. The summed E-state index contributed by atoms with van der Waals surface area (Å²) < 4.78 is 0.558. The Kier molecular flexibility index (Phi) is 7.15. The zero-order valence-corrected chi connectivity index (χ0v) is 14.9. The van der Waals surface area contributed by atoms with Crippen LogP contribution in [0.25, 0.3) is 0 Å². The van der Waals surface area contributed by atoms with Crippen molar-refractivity contribution >= 4 is 35.3 Å². The van der Waals surface area contributed by atoms with E-state index in [9.17, 15) is 14.7 Å². The number of hydrogen-bond acceptors (Lipinski definition) is 4. The van der Waals surface area contributed by atoms with Crippen LogP contribution in [0.15, 0.2) is 70.5 Å². The minimum Gasteiger partial charge on any atom is -0.478 e. The third kappa shape index (κ3) is 5.58. The average molecular weight is 358 g/mol. The van der Waals surface area contributed by atoms with Gasteiger partial charge in [0.2, 0.25) is 0 Å². The lowest BCUT2D eigenvalue weighted by Gasteiger charge is -2.10. The molecule has 0 fully saturated rings. The SMILES string of the molecule is CC(=O)C(C(=O)O)=C(SCc1ccccc1)SCc1ccccc1. The molecule has 0 saturated carbocycles. The average Bonchev–Trinajstić information content (AvgIpc) is 2.58. The number of carboxylic acids is 1. The van der Waals surface area contributed by atoms with Gasteiger partial charge in [0, 0.05) is 11.5 Å². The standard InChI is InChI=1S/C19H18O3S2/c1-14(20)17(18(21)22)19(23-12-15-8-4-2-5-9-15)24-13-16-10-6-3-7-11-16/h2-11H,12-13H2,1H3,(H,21,22). The molecule has 24 heavy (non-hydrogen) atoms. The molecular weight excluding hydrogens is 340 g/mol. The van der Waals surface area contributed by atoms with Gasteiger partial charge in [0.15, 0.2) is 5.78 Å². The van der Waals surface area contributed by atoms with Crippen LogP contribution in [0.4, 0.5) is 0 Å². The minimum absolute atomic E-state index is 0.128. The Morgan fingerprint density at radius 2 is 1.25 bits per heavy atom. The van der Waals surface area contributed by atoms with Crippen molar-refractivity contribution in [3.05, 3.63) is 81.6 Å². The van der Waals surface area contributed by atoms with E-state index in [0.29, 0.717) is 15.7 Å². The van der Waals surface area contributed by atoms with Gasteiger partial charge >= 0.3 is 5.97 Å². The number of rotatable bonds is 8. The summed E-state index contributed by atoms with van der Waals surface area (Å²) in [6.07, 6.45) is 0. The highest BCUT2D eigenvalue weighted by molar-refractivity contribution is 8.21. The predicted molar refractivity (Wildman–Crippen MR) is 101 cm³/mol. The number of ketones is 1. The van der Waals surface area contributed by atoms with Gasteiger partial charge in [0.1, 0.15) is 5.57 Å². The van der Waals surface area contributed by atoms with Gasteiger partial charge in [-0.3, -0.25) is 4.79 Å². The number of hydrogen-bond donors (Lipinski definition) is 1. The molecule has 3 nitrogen and oxygen atoms in total. The van der Waals surface area contributed by atoms with Gasteiger partial charge in [-0.15, -0.1) is 23.5 Å². The number of benzene rings is 2. The molecule has 0 unspecified atom stereocenters. The molecule has 0 heterocycles. The Bertz CT molecular complexity index is 663. The molecule has 5 heteroatoms. The van der Waals surface area contributed by atoms with Crippen LogP contribution in [0.1, 0.15) is 18.1 Å². The first kappa shape index (κ1) is 18.4. The van der Waals surface area contributed by atoms with E-state index in [2.05, 4.69) is 0 Å². The van der Waals surface area contributed by atoms with Crippen molar-refractivity contribution in [2.45, 2.75) is 18.4 Å². The maximum Gasteiger partial charge on any atom is 0.341 e. The zero-order valence-electron chi connectivity index (χ0n) is 13.3. The number of thioether (sulfide) groups is 2. The Balaban J connectivity index is 2.18. The van der Waals surface area contributed by atoms with Crippen molar-refractivity contribution in [3.63, 3.8) is 0 Å². The summed E-state index contributed by atoms with van der Waals surface area (Å²) in [4.78, 5) is 23.3. The van der Waals surface area contributed by atoms with Crippen LogP contribution in [-0.4, -0.2) is 16.9 Å². The number of carboxylic acid groups (broad SMARTS) is 1. The van der Waals surface area contributed by atoms with E-state index < -0.39 is 11.8 Å². The molecule has 0 saturated heterocycles. The molecule has 124 valence electrons. The van der Waals surface area contributed by atoms with Crippen LogP contribution in [-0.2, 0) is 21.1 Å². The van der Waals surface area contributed by atoms with E-state index in [1.165, 1.54) is 30.4 Å². The van der Waals surface area contributed by atoms with Crippen LogP contribution in [0.2, 0.25) is 0 Å². The maximum atomic E-state index is 11.8. The van der Waals surface area contributed by atoms with E-state index >= 15 is 0 Å². The summed E-state index contributed by atoms with van der Waals surface area (Å²) in [5, 5.41) is 9.40. The van der Waals surface area contributed by atoms with Crippen molar-refractivity contribution in [2.75, 3.05) is 0 Å². The Labute approximate surface area is 150 Å². The molecule has 0 aliphatic rings. The van der Waals surface area contributed by atoms with Crippen molar-refractivity contribution in [1.82, 2.24) is 0 Å². The Morgan fingerprint density at radius 1 is 0.833 bits per heavy atom. The maximum absolute atomic E-state index is 11.8. The molecule has 0 radical (unpaired) electrons. The second-order valence-corrected chi connectivity index (χ2v) is 7.30. The van der Waals surface area contributed by atoms with Crippen LogP contribution in [0.3, 0.4) is 0 Å². The van der Waals surface area contributed by atoms with E-state index in [1.54, 1.807) is 0 Å². The fraction of sp³-hybridized carbons (Fsp3) is 0.158. The molecule has 2 aromatic carbocycles. The summed E-state index contributed by atoms with van der Waals surface area (Å²) in [6, 6.07) is 19.6. The van der Waals surface area contributed by atoms with Crippen LogP contribution < -0.4 is 0 Å². The monoisotopic (exact) mass is 358 g/mol. The van der Waals surface area contributed by atoms with Gasteiger partial charge in [-0.1, -0.05) is 60.7 Å². The van der Waals surface area contributed by atoms with Crippen LogP contribution >= 0.6 is 23.5 Å². The third-order valence-corrected chi connectivity index (χ3v) is 5.79. The van der Waals surface area contributed by atoms with Gasteiger partial charge in [-0.25, -0.2) is 4.79 Å². The van der Waals surface area contributed by atoms with Gasteiger partial charge < -0.3 is 5.11 Å². The molecule has 0 spiro atoms. The van der Waals surface area contributed by atoms with E-state index in [1.807, 2.05) is 60.7 Å². The zero-order chi connectivity index (χ0) is 17.4. The van der Waals surface area contributed by atoms with Crippen molar-refractivity contribution < 1.29 is 14.7 Å². The fourth-order valence-electron chi connectivity index (χ4n) is 2.01. The van der Waals surface area contributed by atoms with Crippen LogP contribution in [0.5, 0.6) is 0 Å². The first-order valence-electron chi connectivity index (χ1n) is 7.40. The molecule has 2 aromatic rings. The van der Waals surface area contributed by atoms with Crippen molar-refractivity contribution in [3.8, 4) is 0 Å². The van der Waals surface area contributed by atoms with E-state index in [0.717, 1.165) is 11.1 Å². The highest BCUT2D eigenvalue weighted by atomic mass is 32.2. The first-order valence-corrected chi connectivity index (χ1v) is 9.37. The smallest absolute Gasteiger partial charge is 0.341 e.